The van der Waals surface area contributed by atoms with Crippen molar-refractivity contribution in [3.8, 4) is 22.3 Å². The van der Waals surface area contributed by atoms with Crippen molar-refractivity contribution in [1.82, 2.24) is 0 Å². The molecule has 0 spiro atoms. The zero-order chi connectivity index (χ0) is 16.4. The Morgan fingerprint density at radius 2 is 1.26 bits per heavy atom. The topological polar surface area (TPSA) is 26.0 Å². The number of anilines is 1. The molecule has 1 nitrogen and oxygen atoms in total. The Morgan fingerprint density at radius 1 is 0.652 bits per heavy atom. The Morgan fingerprint density at radius 3 is 1.83 bits per heavy atom. The Kier molecular flexibility index (Phi) is 3.82. The smallest absolute Gasteiger partial charge is 0.399 e. The Balaban J connectivity index is 2.08. The van der Waals surface area contributed by atoms with E-state index in [-0.39, 0.29) is 0 Å². The normalized spacial score (nSPS) is 11.4. The van der Waals surface area contributed by atoms with E-state index in [9.17, 15) is 13.2 Å². The molecule has 4 heteroatoms. The van der Waals surface area contributed by atoms with Gasteiger partial charge in [-0.25, -0.2) is 0 Å². The second-order valence-corrected chi connectivity index (χ2v) is 5.25. The van der Waals surface area contributed by atoms with E-state index in [1.807, 2.05) is 42.5 Å². The average molecular weight is 313 g/mol. The van der Waals surface area contributed by atoms with Gasteiger partial charge in [-0.1, -0.05) is 48.5 Å². The zero-order valence-electron chi connectivity index (χ0n) is 12.1. The fourth-order valence-electron chi connectivity index (χ4n) is 2.53. The van der Waals surface area contributed by atoms with Crippen molar-refractivity contribution in [3.05, 3.63) is 78.4 Å². The largest absolute Gasteiger partial charge is 0.416 e. The van der Waals surface area contributed by atoms with Gasteiger partial charge in [-0.15, -0.1) is 0 Å². The minimum absolute atomic E-state index is 0.643. The summed E-state index contributed by atoms with van der Waals surface area (Å²) < 4.78 is 38.1. The minimum Gasteiger partial charge on any atom is -0.399 e. The van der Waals surface area contributed by atoms with Crippen LogP contribution in [0.25, 0.3) is 22.3 Å². The van der Waals surface area contributed by atoms with Crippen molar-refractivity contribution in [2.45, 2.75) is 6.18 Å². The molecule has 3 aromatic carbocycles. The summed E-state index contributed by atoms with van der Waals surface area (Å²) in [6.07, 6.45) is -4.33. The van der Waals surface area contributed by atoms with Crippen LogP contribution in [0, 0.1) is 0 Å². The molecule has 0 bridgehead atoms. The SMILES string of the molecule is Nc1cccc(-c2ccccc2-c2ccc(C(F)(F)F)cc2)c1. The van der Waals surface area contributed by atoms with Crippen molar-refractivity contribution >= 4 is 5.69 Å². The highest BCUT2D eigenvalue weighted by molar-refractivity contribution is 5.84. The predicted molar refractivity (Wildman–Crippen MR) is 86.7 cm³/mol. The van der Waals surface area contributed by atoms with Gasteiger partial charge in [0.25, 0.3) is 0 Å². The summed E-state index contributed by atoms with van der Waals surface area (Å²) >= 11 is 0. The van der Waals surface area contributed by atoms with Gasteiger partial charge >= 0.3 is 6.18 Å². The Bertz CT molecular complexity index is 821. The summed E-state index contributed by atoms with van der Waals surface area (Å²) in [6, 6.07) is 20.2. The minimum atomic E-state index is -4.33. The molecule has 0 unspecified atom stereocenters. The van der Waals surface area contributed by atoms with Gasteiger partial charge in [0.05, 0.1) is 5.56 Å². The van der Waals surface area contributed by atoms with E-state index < -0.39 is 11.7 Å². The first kappa shape index (κ1) is 15.2. The second kappa shape index (κ2) is 5.80. The number of benzene rings is 3. The third kappa shape index (κ3) is 3.21. The maximum absolute atomic E-state index is 12.7. The Hall–Kier alpha value is -2.75. The fraction of sp³-hybridized carbons (Fsp3) is 0.0526. The van der Waals surface area contributed by atoms with Crippen LogP contribution in [0.1, 0.15) is 5.56 Å². The molecule has 0 aliphatic heterocycles. The van der Waals surface area contributed by atoms with Crippen LogP contribution in [0.3, 0.4) is 0 Å². The van der Waals surface area contributed by atoms with Crippen LogP contribution >= 0.6 is 0 Å². The van der Waals surface area contributed by atoms with Crippen LogP contribution in [0.15, 0.2) is 72.8 Å². The lowest BCUT2D eigenvalue weighted by atomic mass is 9.94. The number of halogens is 3. The van der Waals surface area contributed by atoms with Gasteiger partial charge in [0, 0.05) is 5.69 Å². The molecule has 0 aliphatic carbocycles. The summed E-state index contributed by atoms with van der Waals surface area (Å²) in [7, 11) is 0. The maximum Gasteiger partial charge on any atom is 0.416 e. The Labute approximate surface area is 132 Å². The van der Waals surface area contributed by atoms with E-state index in [1.54, 1.807) is 6.07 Å². The molecule has 2 N–H and O–H groups in total. The maximum atomic E-state index is 12.7. The van der Waals surface area contributed by atoms with Gasteiger partial charge in [0.15, 0.2) is 0 Å². The molecule has 0 aliphatic rings. The summed E-state index contributed by atoms with van der Waals surface area (Å²) in [5, 5.41) is 0. The molecule has 3 rings (SSSR count). The van der Waals surface area contributed by atoms with Gasteiger partial charge in [-0.3, -0.25) is 0 Å². The molecule has 3 aromatic rings. The fourth-order valence-corrected chi connectivity index (χ4v) is 2.53. The highest BCUT2D eigenvalue weighted by Crippen LogP contribution is 2.35. The summed E-state index contributed by atoms with van der Waals surface area (Å²) in [4.78, 5) is 0. The lowest BCUT2D eigenvalue weighted by Crippen LogP contribution is -2.04. The van der Waals surface area contributed by atoms with Gasteiger partial charge in [0.1, 0.15) is 0 Å². The van der Waals surface area contributed by atoms with E-state index in [1.165, 1.54) is 12.1 Å². The van der Waals surface area contributed by atoms with Gasteiger partial charge in [-0.2, -0.15) is 13.2 Å². The first-order chi connectivity index (χ1) is 10.9. The molecule has 0 heterocycles. The van der Waals surface area contributed by atoms with E-state index in [4.69, 9.17) is 5.73 Å². The molecule has 0 fully saturated rings. The van der Waals surface area contributed by atoms with Crippen LogP contribution in [-0.2, 0) is 6.18 Å². The van der Waals surface area contributed by atoms with Crippen molar-refractivity contribution in [2.75, 3.05) is 5.73 Å². The predicted octanol–water partition coefficient (Wildman–Crippen LogP) is 5.62. The van der Waals surface area contributed by atoms with E-state index >= 15 is 0 Å². The van der Waals surface area contributed by atoms with Gasteiger partial charge in [-0.05, 0) is 46.5 Å². The molecule has 0 saturated heterocycles. The summed E-state index contributed by atoms with van der Waals surface area (Å²) in [5.74, 6) is 0. The molecular formula is C19H14F3N. The average Bonchev–Trinajstić information content (AvgIpc) is 2.54. The zero-order valence-corrected chi connectivity index (χ0v) is 12.1. The number of hydrogen-bond donors (Lipinski definition) is 1. The molecule has 0 amide bonds. The molecule has 0 aromatic heterocycles. The molecule has 0 atom stereocenters. The molecular weight excluding hydrogens is 299 g/mol. The van der Waals surface area contributed by atoms with Crippen molar-refractivity contribution in [2.24, 2.45) is 0 Å². The molecule has 0 saturated carbocycles. The molecule has 23 heavy (non-hydrogen) atoms. The van der Waals surface area contributed by atoms with Crippen LogP contribution in [0.5, 0.6) is 0 Å². The lowest BCUT2D eigenvalue weighted by molar-refractivity contribution is -0.137. The quantitative estimate of drug-likeness (QED) is 0.610. The number of alkyl halides is 3. The number of nitrogens with two attached hydrogens (primary N) is 1. The lowest BCUT2D eigenvalue weighted by Gasteiger charge is -2.12. The van der Waals surface area contributed by atoms with Gasteiger partial charge < -0.3 is 5.73 Å². The first-order valence-electron chi connectivity index (χ1n) is 7.08. The second-order valence-electron chi connectivity index (χ2n) is 5.25. The number of hydrogen-bond acceptors (Lipinski definition) is 1. The van der Waals surface area contributed by atoms with Crippen LogP contribution in [-0.4, -0.2) is 0 Å². The standard InChI is InChI=1S/C19H14F3N/c20-19(21,22)15-10-8-13(9-11-15)17-6-1-2-7-18(17)14-4-3-5-16(23)12-14/h1-12H,23H2. The van der Waals surface area contributed by atoms with Crippen LogP contribution < -0.4 is 5.73 Å². The molecule has 116 valence electrons. The van der Waals surface area contributed by atoms with Crippen LogP contribution in [0.2, 0.25) is 0 Å². The molecule has 0 radical (unpaired) electrons. The number of rotatable bonds is 2. The summed E-state index contributed by atoms with van der Waals surface area (Å²) in [6.45, 7) is 0. The third-order valence-corrected chi connectivity index (χ3v) is 3.65. The van der Waals surface area contributed by atoms with Gasteiger partial charge in [0.2, 0.25) is 0 Å². The monoisotopic (exact) mass is 313 g/mol. The highest BCUT2D eigenvalue weighted by atomic mass is 19.4. The van der Waals surface area contributed by atoms with Crippen molar-refractivity contribution in [3.63, 3.8) is 0 Å². The third-order valence-electron chi connectivity index (χ3n) is 3.65. The van der Waals surface area contributed by atoms with Crippen molar-refractivity contribution < 1.29 is 13.2 Å². The van der Waals surface area contributed by atoms with E-state index in [0.29, 0.717) is 5.69 Å². The highest BCUT2D eigenvalue weighted by Gasteiger charge is 2.30. The summed E-state index contributed by atoms with van der Waals surface area (Å²) in [5.41, 5.74) is 9.28. The first-order valence-corrected chi connectivity index (χ1v) is 7.08. The van der Waals surface area contributed by atoms with E-state index in [2.05, 4.69) is 0 Å². The van der Waals surface area contributed by atoms with Crippen LogP contribution in [0.4, 0.5) is 18.9 Å². The number of nitrogen functional groups attached to an aromatic ring is 1. The van der Waals surface area contributed by atoms with Crippen molar-refractivity contribution in [1.29, 1.82) is 0 Å². The van der Waals surface area contributed by atoms with E-state index in [0.717, 1.165) is 34.4 Å².